The summed E-state index contributed by atoms with van der Waals surface area (Å²) >= 11 is 3.47. The number of primary amides is 1. The molecule has 1 amide bonds. The number of amides is 1. The van der Waals surface area contributed by atoms with Crippen LogP contribution in [0.25, 0.3) is 10.9 Å². The van der Waals surface area contributed by atoms with Gasteiger partial charge >= 0.3 is 0 Å². The van der Waals surface area contributed by atoms with Crippen molar-refractivity contribution in [1.82, 2.24) is 9.97 Å². The number of aromatic nitrogens is 2. The summed E-state index contributed by atoms with van der Waals surface area (Å²) in [5.41, 5.74) is 6.41. The van der Waals surface area contributed by atoms with E-state index in [1.165, 1.54) is 0 Å². The van der Waals surface area contributed by atoms with Crippen LogP contribution < -0.4 is 11.1 Å². The highest BCUT2D eigenvalue weighted by Crippen LogP contribution is 2.29. The minimum Gasteiger partial charge on any atom is -0.369 e. The van der Waals surface area contributed by atoms with Crippen molar-refractivity contribution in [2.24, 2.45) is 11.7 Å². The van der Waals surface area contributed by atoms with Gasteiger partial charge in [0.15, 0.2) is 0 Å². The number of nitrogens with zero attached hydrogens (tertiary/aromatic N) is 2. The van der Waals surface area contributed by atoms with Crippen LogP contribution in [0.2, 0.25) is 0 Å². The average Bonchev–Trinajstić information content (AvgIpc) is 2.48. The van der Waals surface area contributed by atoms with Crippen LogP contribution in [0.1, 0.15) is 25.7 Å². The lowest BCUT2D eigenvalue weighted by molar-refractivity contribution is -0.122. The molecular weight excluding hydrogens is 332 g/mol. The third-order valence-electron chi connectivity index (χ3n) is 4.05. The second-order valence-electron chi connectivity index (χ2n) is 5.43. The van der Waals surface area contributed by atoms with Gasteiger partial charge in [0, 0.05) is 15.9 Å². The van der Waals surface area contributed by atoms with Crippen molar-refractivity contribution in [3.8, 4) is 0 Å². The third kappa shape index (κ3) is 3.00. The van der Waals surface area contributed by atoms with Gasteiger partial charge in [-0.15, -0.1) is 0 Å². The molecule has 1 heterocycles. The fraction of sp³-hybridized carbons (Fsp3) is 0.400. The van der Waals surface area contributed by atoms with Gasteiger partial charge in [0.1, 0.15) is 12.1 Å². The molecule has 0 aliphatic heterocycles. The number of anilines is 1. The van der Waals surface area contributed by atoms with Gasteiger partial charge in [-0.2, -0.15) is 0 Å². The fourth-order valence-corrected chi connectivity index (χ4v) is 3.32. The van der Waals surface area contributed by atoms with Crippen LogP contribution >= 0.6 is 15.9 Å². The van der Waals surface area contributed by atoms with Crippen molar-refractivity contribution in [3.05, 3.63) is 29.0 Å². The summed E-state index contributed by atoms with van der Waals surface area (Å²) in [7, 11) is 0. The highest BCUT2D eigenvalue weighted by molar-refractivity contribution is 9.10. The van der Waals surface area contributed by atoms with Crippen molar-refractivity contribution < 1.29 is 4.79 Å². The quantitative estimate of drug-likeness (QED) is 0.893. The molecule has 2 atom stereocenters. The monoisotopic (exact) mass is 348 g/mol. The predicted octanol–water partition coefficient (Wildman–Crippen LogP) is 2.85. The molecule has 0 bridgehead atoms. The van der Waals surface area contributed by atoms with Crippen molar-refractivity contribution in [3.63, 3.8) is 0 Å². The molecule has 1 aromatic heterocycles. The smallest absolute Gasteiger partial charge is 0.222 e. The Balaban J connectivity index is 1.93. The molecule has 6 heteroatoms. The van der Waals surface area contributed by atoms with E-state index in [2.05, 4.69) is 31.2 Å². The molecule has 3 rings (SSSR count). The number of rotatable bonds is 3. The van der Waals surface area contributed by atoms with Crippen molar-refractivity contribution in [2.75, 3.05) is 5.32 Å². The Bertz CT molecular complexity index is 676. The molecule has 3 N–H and O–H groups in total. The summed E-state index contributed by atoms with van der Waals surface area (Å²) in [5, 5.41) is 4.35. The summed E-state index contributed by atoms with van der Waals surface area (Å²) in [4.78, 5) is 20.2. The molecule has 1 fully saturated rings. The van der Waals surface area contributed by atoms with Gasteiger partial charge in [-0.1, -0.05) is 28.8 Å². The van der Waals surface area contributed by atoms with Gasteiger partial charge in [-0.3, -0.25) is 4.79 Å². The normalized spacial score (nSPS) is 22.1. The number of hydrogen-bond donors (Lipinski definition) is 2. The summed E-state index contributed by atoms with van der Waals surface area (Å²) in [6, 6.07) is 5.93. The SMILES string of the molecule is NC(=O)C1CCCCC1Nc1ncnc2ccc(Br)cc12. The van der Waals surface area contributed by atoms with E-state index in [1.807, 2.05) is 18.2 Å². The summed E-state index contributed by atoms with van der Waals surface area (Å²) < 4.78 is 0.975. The van der Waals surface area contributed by atoms with E-state index in [-0.39, 0.29) is 17.9 Å². The standard InChI is InChI=1S/C15H17BrN4O/c16-9-5-6-12-11(7-9)15(19-8-18-12)20-13-4-2-1-3-10(13)14(17)21/h5-8,10,13H,1-4H2,(H2,17,21)(H,18,19,20). The Morgan fingerprint density at radius 1 is 1.29 bits per heavy atom. The number of benzene rings is 1. The number of nitrogens with one attached hydrogen (secondary N) is 1. The van der Waals surface area contributed by atoms with Gasteiger partial charge in [-0.05, 0) is 31.0 Å². The predicted molar refractivity (Wildman–Crippen MR) is 85.8 cm³/mol. The minimum atomic E-state index is -0.230. The number of carbonyl (C=O) groups is 1. The first kappa shape index (κ1) is 14.3. The summed E-state index contributed by atoms with van der Waals surface area (Å²) in [5.74, 6) is 0.405. The lowest BCUT2D eigenvalue weighted by Gasteiger charge is -2.30. The first-order valence-electron chi connectivity index (χ1n) is 7.11. The Morgan fingerprint density at radius 2 is 2.10 bits per heavy atom. The maximum Gasteiger partial charge on any atom is 0.222 e. The van der Waals surface area contributed by atoms with Crippen molar-refractivity contribution >= 4 is 38.6 Å². The largest absolute Gasteiger partial charge is 0.369 e. The number of carbonyl (C=O) groups excluding carboxylic acids is 1. The molecule has 21 heavy (non-hydrogen) atoms. The molecule has 1 aliphatic rings. The molecule has 2 unspecified atom stereocenters. The highest BCUT2D eigenvalue weighted by Gasteiger charge is 2.29. The topological polar surface area (TPSA) is 80.9 Å². The van der Waals surface area contributed by atoms with Crippen LogP contribution in [0.5, 0.6) is 0 Å². The van der Waals surface area contributed by atoms with E-state index in [0.29, 0.717) is 0 Å². The van der Waals surface area contributed by atoms with Crippen LogP contribution in [0.15, 0.2) is 29.0 Å². The zero-order chi connectivity index (χ0) is 14.8. The van der Waals surface area contributed by atoms with Crippen LogP contribution in [-0.4, -0.2) is 21.9 Å². The maximum absolute atomic E-state index is 11.6. The van der Waals surface area contributed by atoms with Crippen LogP contribution in [0, 0.1) is 5.92 Å². The molecule has 110 valence electrons. The summed E-state index contributed by atoms with van der Waals surface area (Å²) in [6.45, 7) is 0. The molecule has 5 nitrogen and oxygen atoms in total. The molecule has 0 spiro atoms. The van der Waals surface area contributed by atoms with E-state index in [9.17, 15) is 4.79 Å². The summed E-state index contributed by atoms with van der Waals surface area (Å²) in [6.07, 6.45) is 5.49. The maximum atomic E-state index is 11.6. The van der Waals surface area contributed by atoms with Gasteiger partial charge < -0.3 is 11.1 Å². The van der Waals surface area contributed by atoms with Crippen molar-refractivity contribution in [2.45, 2.75) is 31.7 Å². The first-order chi connectivity index (χ1) is 10.1. The van der Waals surface area contributed by atoms with E-state index >= 15 is 0 Å². The third-order valence-corrected chi connectivity index (χ3v) is 4.54. The van der Waals surface area contributed by atoms with E-state index < -0.39 is 0 Å². The Labute approximate surface area is 131 Å². The number of fused-ring (bicyclic) bond motifs is 1. The van der Waals surface area contributed by atoms with Gasteiger partial charge in [-0.25, -0.2) is 9.97 Å². The van der Waals surface area contributed by atoms with E-state index in [4.69, 9.17) is 5.73 Å². The van der Waals surface area contributed by atoms with Crippen LogP contribution in [0.3, 0.4) is 0 Å². The fourth-order valence-electron chi connectivity index (χ4n) is 2.96. The molecule has 0 saturated heterocycles. The molecule has 1 aliphatic carbocycles. The second-order valence-corrected chi connectivity index (χ2v) is 6.34. The molecule has 1 aromatic carbocycles. The number of nitrogens with two attached hydrogens (primary N) is 1. The van der Waals surface area contributed by atoms with Gasteiger partial charge in [0.25, 0.3) is 0 Å². The first-order valence-corrected chi connectivity index (χ1v) is 7.90. The zero-order valence-electron chi connectivity index (χ0n) is 11.6. The lowest BCUT2D eigenvalue weighted by atomic mass is 9.84. The van der Waals surface area contributed by atoms with Crippen LogP contribution in [0.4, 0.5) is 5.82 Å². The lowest BCUT2D eigenvalue weighted by Crippen LogP contribution is -2.40. The van der Waals surface area contributed by atoms with Crippen molar-refractivity contribution in [1.29, 1.82) is 0 Å². The second kappa shape index (κ2) is 5.97. The Kier molecular flexibility index (Phi) is 4.05. The molecule has 1 saturated carbocycles. The van der Waals surface area contributed by atoms with Gasteiger partial charge in [0.05, 0.1) is 11.4 Å². The molecule has 2 aromatic rings. The van der Waals surface area contributed by atoms with Gasteiger partial charge in [0.2, 0.25) is 5.91 Å². The zero-order valence-corrected chi connectivity index (χ0v) is 13.1. The molecule has 0 radical (unpaired) electrons. The Hall–Kier alpha value is -1.69. The molecular formula is C15H17BrN4O. The number of hydrogen-bond acceptors (Lipinski definition) is 4. The number of halogens is 1. The van der Waals surface area contributed by atoms with Crippen LogP contribution in [-0.2, 0) is 4.79 Å². The Morgan fingerprint density at radius 3 is 2.90 bits per heavy atom. The van der Waals surface area contributed by atoms with E-state index in [1.54, 1.807) is 6.33 Å². The average molecular weight is 349 g/mol. The highest BCUT2D eigenvalue weighted by atomic mass is 79.9. The van der Waals surface area contributed by atoms with E-state index in [0.717, 1.165) is 46.9 Å². The minimum absolute atomic E-state index is 0.0494.